The Morgan fingerprint density at radius 1 is 1.19 bits per heavy atom. The van der Waals surface area contributed by atoms with Crippen LogP contribution in [0.4, 0.5) is 0 Å². The largest absolute Gasteiger partial charge is 0.493 e. The number of benzene rings is 1. The van der Waals surface area contributed by atoms with E-state index in [-0.39, 0.29) is 0 Å². The molecule has 0 bridgehead atoms. The van der Waals surface area contributed by atoms with Gasteiger partial charge < -0.3 is 24.8 Å². The second kappa shape index (κ2) is 10.4. The highest BCUT2D eigenvalue weighted by Crippen LogP contribution is 2.29. The Morgan fingerprint density at radius 2 is 1.89 bits per heavy atom. The zero-order valence-electron chi connectivity index (χ0n) is 17.3. The van der Waals surface area contributed by atoms with Gasteiger partial charge in [0.1, 0.15) is 0 Å². The quantitative estimate of drug-likeness (QED) is 0.539. The summed E-state index contributed by atoms with van der Waals surface area (Å²) >= 11 is 0. The number of rotatable bonds is 8. The highest BCUT2D eigenvalue weighted by atomic mass is 16.5. The molecule has 0 unspecified atom stereocenters. The fraction of sp³-hybridized carbons (Fsp3) is 0.667. The lowest BCUT2D eigenvalue weighted by Gasteiger charge is -2.31. The summed E-state index contributed by atoms with van der Waals surface area (Å²) in [6.45, 7) is 4.15. The van der Waals surface area contributed by atoms with Crippen molar-refractivity contribution in [3.8, 4) is 11.5 Å². The van der Waals surface area contributed by atoms with Gasteiger partial charge in [0.2, 0.25) is 0 Å². The Labute approximate surface area is 163 Å². The van der Waals surface area contributed by atoms with E-state index in [2.05, 4.69) is 23.2 Å². The standard InChI is InChI=1S/C21H35N3O3/c1-5-22-20(23-16-21(25)12-7-6-8-13-21)24(2)14-11-17-9-10-18(26-3)19(15-17)27-4/h9-10,15,25H,5-8,11-14,16H2,1-4H3,(H,22,23). The van der Waals surface area contributed by atoms with Crippen molar-refractivity contribution in [1.29, 1.82) is 0 Å². The van der Waals surface area contributed by atoms with Gasteiger partial charge in [0.25, 0.3) is 0 Å². The van der Waals surface area contributed by atoms with Crippen LogP contribution >= 0.6 is 0 Å². The first-order valence-corrected chi connectivity index (χ1v) is 9.94. The Hall–Kier alpha value is -1.95. The average Bonchev–Trinajstić information content (AvgIpc) is 2.69. The SMILES string of the molecule is CCNC(=NCC1(O)CCCCC1)N(C)CCc1ccc(OC)c(OC)c1. The first kappa shape index (κ1) is 21.4. The van der Waals surface area contributed by atoms with Gasteiger partial charge >= 0.3 is 0 Å². The average molecular weight is 378 g/mol. The highest BCUT2D eigenvalue weighted by molar-refractivity contribution is 5.79. The van der Waals surface area contributed by atoms with Crippen LogP contribution in [0.15, 0.2) is 23.2 Å². The molecule has 0 atom stereocenters. The molecule has 2 N–H and O–H groups in total. The fourth-order valence-electron chi connectivity index (χ4n) is 3.50. The summed E-state index contributed by atoms with van der Waals surface area (Å²) in [6, 6.07) is 6.01. The zero-order chi connectivity index (χ0) is 19.7. The number of ether oxygens (including phenoxy) is 2. The number of hydrogen-bond donors (Lipinski definition) is 2. The minimum atomic E-state index is -0.636. The summed E-state index contributed by atoms with van der Waals surface area (Å²) in [7, 11) is 5.33. The maximum atomic E-state index is 10.7. The summed E-state index contributed by atoms with van der Waals surface area (Å²) < 4.78 is 10.7. The fourth-order valence-corrected chi connectivity index (χ4v) is 3.50. The van der Waals surface area contributed by atoms with Crippen molar-refractivity contribution in [2.45, 2.75) is 51.0 Å². The van der Waals surface area contributed by atoms with Gasteiger partial charge in [-0.3, -0.25) is 4.99 Å². The van der Waals surface area contributed by atoms with Crippen molar-refractivity contribution in [2.75, 3.05) is 40.9 Å². The number of hydrogen-bond acceptors (Lipinski definition) is 4. The Kier molecular flexibility index (Phi) is 8.23. The predicted molar refractivity (Wildman–Crippen MR) is 110 cm³/mol. The van der Waals surface area contributed by atoms with Crippen LogP contribution in [0.5, 0.6) is 11.5 Å². The van der Waals surface area contributed by atoms with Crippen LogP contribution in [0.1, 0.15) is 44.6 Å². The summed E-state index contributed by atoms with van der Waals surface area (Å²) in [6.07, 6.45) is 5.98. The number of likely N-dealkylation sites (N-methyl/N-ethyl adjacent to an activating group) is 1. The molecule has 1 fully saturated rings. The monoisotopic (exact) mass is 377 g/mol. The van der Waals surface area contributed by atoms with Gasteiger partial charge in [0, 0.05) is 20.1 Å². The first-order chi connectivity index (χ1) is 13.0. The van der Waals surface area contributed by atoms with Gasteiger partial charge in [-0.15, -0.1) is 0 Å². The number of methoxy groups -OCH3 is 2. The molecule has 0 aliphatic heterocycles. The molecule has 0 spiro atoms. The lowest BCUT2D eigenvalue weighted by molar-refractivity contribution is 0.0130. The summed E-state index contributed by atoms with van der Waals surface area (Å²) in [5.41, 5.74) is 0.546. The maximum absolute atomic E-state index is 10.7. The zero-order valence-corrected chi connectivity index (χ0v) is 17.3. The van der Waals surface area contributed by atoms with Crippen molar-refractivity contribution >= 4 is 5.96 Å². The Bertz CT molecular complexity index is 613. The van der Waals surface area contributed by atoms with E-state index in [0.717, 1.165) is 62.7 Å². The molecule has 152 valence electrons. The van der Waals surface area contributed by atoms with Gasteiger partial charge in [-0.1, -0.05) is 25.3 Å². The molecule has 0 aromatic heterocycles. The normalized spacial score (nSPS) is 16.7. The second-order valence-electron chi connectivity index (χ2n) is 7.32. The molecule has 1 saturated carbocycles. The van der Waals surface area contributed by atoms with E-state index in [0.29, 0.717) is 6.54 Å². The Balaban J connectivity index is 1.97. The number of aliphatic hydroxyl groups is 1. The van der Waals surface area contributed by atoms with Gasteiger partial charge in [-0.2, -0.15) is 0 Å². The molecular formula is C21H35N3O3. The predicted octanol–water partition coefficient (Wildman–Crippen LogP) is 2.84. The molecule has 0 amide bonds. The number of nitrogens with one attached hydrogen (secondary N) is 1. The molecule has 0 heterocycles. The van der Waals surface area contributed by atoms with Gasteiger partial charge in [0.05, 0.1) is 26.4 Å². The van der Waals surface area contributed by atoms with Gasteiger partial charge in [-0.25, -0.2) is 0 Å². The van der Waals surface area contributed by atoms with Crippen LogP contribution in [-0.4, -0.2) is 62.5 Å². The third-order valence-electron chi connectivity index (χ3n) is 5.19. The van der Waals surface area contributed by atoms with Crippen molar-refractivity contribution in [2.24, 2.45) is 4.99 Å². The van der Waals surface area contributed by atoms with Crippen LogP contribution in [0.3, 0.4) is 0 Å². The number of nitrogens with zero attached hydrogens (tertiary/aromatic N) is 2. The van der Waals surface area contributed by atoms with E-state index >= 15 is 0 Å². The van der Waals surface area contributed by atoms with E-state index in [4.69, 9.17) is 14.5 Å². The molecule has 1 aliphatic carbocycles. The highest BCUT2D eigenvalue weighted by Gasteiger charge is 2.29. The molecule has 6 nitrogen and oxygen atoms in total. The molecule has 6 heteroatoms. The first-order valence-electron chi connectivity index (χ1n) is 9.94. The third-order valence-corrected chi connectivity index (χ3v) is 5.19. The minimum absolute atomic E-state index is 0.468. The van der Waals surface area contributed by atoms with Crippen LogP contribution in [0.2, 0.25) is 0 Å². The second-order valence-corrected chi connectivity index (χ2v) is 7.32. The van der Waals surface area contributed by atoms with Crippen molar-refractivity contribution in [3.63, 3.8) is 0 Å². The molecular weight excluding hydrogens is 342 g/mol. The van der Waals surface area contributed by atoms with Crippen LogP contribution in [0.25, 0.3) is 0 Å². The van der Waals surface area contributed by atoms with Crippen LogP contribution in [-0.2, 0) is 6.42 Å². The van der Waals surface area contributed by atoms with Crippen LogP contribution in [0, 0.1) is 0 Å². The van der Waals surface area contributed by atoms with E-state index < -0.39 is 5.60 Å². The van der Waals surface area contributed by atoms with Gasteiger partial charge in [-0.05, 0) is 43.9 Å². The Morgan fingerprint density at radius 3 is 2.52 bits per heavy atom. The smallest absolute Gasteiger partial charge is 0.193 e. The van der Waals surface area contributed by atoms with E-state index in [1.165, 1.54) is 12.0 Å². The molecule has 0 radical (unpaired) electrons. The van der Waals surface area contributed by atoms with Gasteiger partial charge in [0.15, 0.2) is 17.5 Å². The summed E-state index contributed by atoms with van der Waals surface area (Å²) in [5, 5.41) is 14.0. The van der Waals surface area contributed by atoms with Crippen molar-refractivity contribution in [3.05, 3.63) is 23.8 Å². The van der Waals surface area contributed by atoms with Crippen molar-refractivity contribution < 1.29 is 14.6 Å². The maximum Gasteiger partial charge on any atom is 0.193 e. The number of aliphatic imine (C=N–C) groups is 1. The number of guanidine groups is 1. The van der Waals surface area contributed by atoms with E-state index in [1.54, 1.807) is 14.2 Å². The van der Waals surface area contributed by atoms with Crippen LogP contribution < -0.4 is 14.8 Å². The van der Waals surface area contributed by atoms with E-state index in [1.807, 2.05) is 19.2 Å². The molecule has 27 heavy (non-hydrogen) atoms. The molecule has 1 aromatic carbocycles. The summed E-state index contributed by atoms with van der Waals surface area (Å²) in [4.78, 5) is 6.84. The lowest BCUT2D eigenvalue weighted by Crippen LogP contribution is -2.42. The third kappa shape index (κ3) is 6.31. The lowest BCUT2D eigenvalue weighted by atomic mass is 9.85. The molecule has 0 saturated heterocycles. The van der Waals surface area contributed by atoms with E-state index in [9.17, 15) is 5.11 Å². The summed E-state index contributed by atoms with van der Waals surface area (Å²) in [5.74, 6) is 2.33. The minimum Gasteiger partial charge on any atom is -0.493 e. The molecule has 1 aliphatic rings. The topological polar surface area (TPSA) is 66.3 Å². The van der Waals surface area contributed by atoms with Crippen molar-refractivity contribution in [1.82, 2.24) is 10.2 Å². The molecule has 1 aromatic rings. The molecule has 2 rings (SSSR count).